The minimum absolute atomic E-state index is 0. The smallest absolute Gasteiger partial charge is 0.0858 e. The molecule has 80 valence electrons. The normalized spacial score (nSPS) is 12.0. The highest BCUT2D eigenvalue weighted by Crippen LogP contribution is 2.24. The predicted molar refractivity (Wildman–Crippen MR) is 67.0 cm³/mol. The van der Waals surface area contributed by atoms with Crippen LogP contribution in [0.4, 0.5) is 0 Å². The summed E-state index contributed by atoms with van der Waals surface area (Å²) in [6.45, 7) is 6.37. The van der Waals surface area contributed by atoms with Crippen molar-refractivity contribution in [3.8, 4) is 0 Å². The first-order valence-electron chi connectivity index (χ1n) is 4.61. The van der Waals surface area contributed by atoms with Gasteiger partial charge in [-0.2, -0.15) is 0 Å². The highest BCUT2D eigenvalue weighted by molar-refractivity contribution is 7.09. The van der Waals surface area contributed by atoms with E-state index in [0.717, 1.165) is 6.42 Å². The van der Waals surface area contributed by atoms with Crippen LogP contribution in [0.2, 0.25) is 0 Å². The summed E-state index contributed by atoms with van der Waals surface area (Å²) in [5.41, 5.74) is 3.88. The summed E-state index contributed by atoms with van der Waals surface area (Å²) in [6, 6.07) is 6.55. The molecule has 1 aromatic rings. The molecule has 2 atom stereocenters. The molecule has 0 spiro atoms. The van der Waals surface area contributed by atoms with Crippen LogP contribution in [0.1, 0.15) is 36.1 Å². The van der Waals surface area contributed by atoms with E-state index in [-0.39, 0.29) is 18.5 Å². The third-order valence-electron chi connectivity index (χ3n) is 2.15. The Bertz CT molecular complexity index is 264. The zero-order valence-corrected chi connectivity index (χ0v) is 10.9. The van der Waals surface area contributed by atoms with Crippen LogP contribution in [0.5, 0.6) is 0 Å². The van der Waals surface area contributed by atoms with E-state index in [1.165, 1.54) is 16.7 Å². The quantitative estimate of drug-likeness (QED) is 0.717. The lowest BCUT2D eigenvalue weighted by atomic mass is 10.0. The molecule has 0 fully saturated rings. The summed E-state index contributed by atoms with van der Waals surface area (Å²) < 4.78 is 5.31. The molecule has 1 rings (SSSR count). The molecular weight excluding hydrogens is 215 g/mol. The van der Waals surface area contributed by atoms with E-state index < -0.39 is 0 Å². The lowest BCUT2D eigenvalue weighted by molar-refractivity contribution is 0.240. The second kappa shape index (κ2) is 6.40. The first-order valence-corrected chi connectivity index (χ1v) is 5.08. The minimum Gasteiger partial charge on any atom is -0.358 e. The zero-order valence-electron chi connectivity index (χ0n) is 8.91. The number of rotatable bonds is 3. The number of hydrogen-bond acceptors (Lipinski definition) is 1. The van der Waals surface area contributed by atoms with E-state index in [4.69, 9.17) is 4.52 Å². The Morgan fingerprint density at radius 1 is 1.21 bits per heavy atom. The highest BCUT2D eigenvalue weighted by Gasteiger charge is 2.07. The van der Waals surface area contributed by atoms with Crippen LogP contribution in [-0.4, -0.2) is 0 Å². The average Bonchev–Trinajstić information content (AvgIpc) is 2.04. The molecule has 0 N–H and O–H groups in total. The molecule has 0 aliphatic carbocycles. The molecular formula is C11H18ClOP. The Kier molecular flexibility index (Phi) is 6.35. The van der Waals surface area contributed by atoms with Gasteiger partial charge in [0.1, 0.15) is 0 Å². The largest absolute Gasteiger partial charge is 0.358 e. The molecule has 0 radical (unpaired) electrons. The predicted octanol–water partition coefficient (Wildman–Crippen LogP) is 3.98. The summed E-state index contributed by atoms with van der Waals surface area (Å²) in [6.07, 6.45) is 1.22. The van der Waals surface area contributed by atoms with Gasteiger partial charge in [0.25, 0.3) is 0 Å². The van der Waals surface area contributed by atoms with E-state index in [9.17, 15) is 0 Å². The Balaban J connectivity index is 0.00000169. The average molecular weight is 233 g/mol. The molecule has 3 heteroatoms. The van der Waals surface area contributed by atoms with Gasteiger partial charge in [-0.05, 0) is 25.8 Å². The molecule has 14 heavy (non-hydrogen) atoms. The Morgan fingerprint density at radius 2 is 1.71 bits per heavy atom. The standard InChI is InChI=1S/C11H17OP.ClH/c1-4-11(12-13)10-6-8(2)5-9(3)7-10;/h5-7,11H,4,13H2,1-3H3;1H. The maximum Gasteiger partial charge on any atom is 0.0858 e. The van der Waals surface area contributed by atoms with Crippen LogP contribution in [0.15, 0.2) is 18.2 Å². The van der Waals surface area contributed by atoms with Gasteiger partial charge in [0, 0.05) is 9.47 Å². The van der Waals surface area contributed by atoms with Crippen molar-refractivity contribution in [2.75, 3.05) is 0 Å². The van der Waals surface area contributed by atoms with Crippen molar-refractivity contribution in [3.05, 3.63) is 34.9 Å². The van der Waals surface area contributed by atoms with E-state index in [1.54, 1.807) is 0 Å². The van der Waals surface area contributed by atoms with Gasteiger partial charge in [-0.3, -0.25) is 0 Å². The van der Waals surface area contributed by atoms with Crippen molar-refractivity contribution in [2.45, 2.75) is 33.3 Å². The Hall–Kier alpha value is -0.100. The molecule has 0 heterocycles. The van der Waals surface area contributed by atoms with Crippen molar-refractivity contribution >= 4 is 21.9 Å². The van der Waals surface area contributed by atoms with E-state index >= 15 is 0 Å². The molecule has 0 aliphatic heterocycles. The van der Waals surface area contributed by atoms with E-state index in [1.807, 2.05) is 0 Å². The van der Waals surface area contributed by atoms with E-state index in [2.05, 4.69) is 48.4 Å². The van der Waals surface area contributed by atoms with Crippen LogP contribution < -0.4 is 0 Å². The number of halogens is 1. The summed E-state index contributed by atoms with van der Waals surface area (Å²) in [4.78, 5) is 0. The zero-order chi connectivity index (χ0) is 9.84. The molecule has 0 amide bonds. The highest BCUT2D eigenvalue weighted by atomic mass is 35.5. The number of benzene rings is 1. The van der Waals surface area contributed by atoms with Crippen molar-refractivity contribution in [1.29, 1.82) is 0 Å². The molecule has 0 saturated carbocycles. The molecule has 2 unspecified atom stereocenters. The Morgan fingerprint density at radius 3 is 2.07 bits per heavy atom. The van der Waals surface area contributed by atoms with Crippen LogP contribution in [0.25, 0.3) is 0 Å². The lowest BCUT2D eigenvalue weighted by Crippen LogP contribution is -1.97. The third-order valence-corrected chi connectivity index (χ3v) is 2.48. The molecule has 0 bridgehead atoms. The minimum atomic E-state index is 0. The fraction of sp³-hybridized carbons (Fsp3) is 0.455. The van der Waals surface area contributed by atoms with Gasteiger partial charge in [-0.15, -0.1) is 12.4 Å². The van der Waals surface area contributed by atoms with Crippen molar-refractivity contribution in [3.63, 3.8) is 0 Å². The van der Waals surface area contributed by atoms with Crippen LogP contribution in [0.3, 0.4) is 0 Å². The number of hydrogen-bond donors (Lipinski definition) is 0. The lowest BCUT2D eigenvalue weighted by Gasteiger charge is -2.14. The molecule has 0 saturated heterocycles. The van der Waals surface area contributed by atoms with Crippen molar-refractivity contribution in [1.82, 2.24) is 0 Å². The van der Waals surface area contributed by atoms with Crippen molar-refractivity contribution in [2.24, 2.45) is 0 Å². The van der Waals surface area contributed by atoms with Gasteiger partial charge in [-0.25, -0.2) is 0 Å². The second-order valence-electron chi connectivity index (χ2n) is 3.45. The molecule has 1 nitrogen and oxygen atoms in total. The molecule has 0 aliphatic rings. The van der Waals surface area contributed by atoms with Gasteiger partial charge in [0.05, 0.1) is 6.10 Å². The van der Waals surface area contributed by atoms with Crippen LogP contribution in [0, 0.1) is 13.8 Å². The second-order valence-corrected chi connectivity index (χ2v) is 3.73. The van der Waals surface area contributed by atoms with Gasteiger partial charge >= 0.3 is 0 Å². The first-order chi connectivity index (χ1) is 6.17. The maximum atomic E-state index is 5.31. The summed E-state index contributed by atoms with van der Waals surface area (Å²) in [7, 11) is 2.34. The molecule has 1 aromatic carbocycles. The summed E-state index contributed by atoms with van der Waals surface area (Å²) in [5.74, 6) is 0. The topological polar surface area (TPSA) is 9.23 Å². The third kappa shape index (κ3) is 3.57. The van der Waals surface area contributed by atoms with Crippen LogP contribution in [-0.2, 0) is 4.52 Å². The fourth-order valence-electron chi connectivity index (χ4n) is 1.61. The van der Waals surface area contributed by atoms with Crippen LogP contribution >= 0.6 is 21.9 Å². The monoisotopic (exact) mass is 232 g/mol. The van der Waals surface area contributed by atoms with E-state index in [0.29, 0.717) is 0 Å². The van der Waals surface area contributed by atoms with Gasteiger partial charge in [-0.1, -0.05) is 36.2 Å². The summed E-state index contributed by atoms with van der Waals surface area (Å²) >= 11 is 0. The van der Waals surface area contributed by atoms with Gasteiger partial charge in [0.2, 0.25) is 0 Å². The van der Waals surface area contributed by atoms with Crippen molar-refractivity contribution < 1.29 is 4.52 Å². The van der Waals surface area contributed by atoms with Gasteiger partial charge < -0.3 is 4.52 Å². The maximum absolute atomic E-state index is 5.31. The van der Waals surface area contributed by atoms with Gasteiger partial charge in [0.15, 0.2) is 0 Å². The SMILES string of the molecule is CCC(OP)c1cc(C)cc(C)c1.Cl. The Labute approximate surface area is 94.9 Å². The fourth-order valence-corrected chi connectivity index (χ4v) is 1.96. The summed E-state index contributed by atoms with van der Waals surface area (Å²) in [5, 5.41) is 0. The number of aryl methyl sites for hydroxylation is 2. The first kappa shape index (κ1) is 13.9. The molecule has 0 aromatic heterocycles.